The minimum Gasteiger partial charge on any atom is -0.428 e. The first kappa shape index (κ1) is 37.9. The van der Waals surface area contributed by atoms with Gasteiger partial charge in [-0.15, -0.1) is 0 Å². The van der Waals surface area contributed by atoms with Crippen LogP contribution >= 0.6 is 0 Å². The molecule has 0 bridgehead atoms. The molecule has 0 aliphatic heterocycles. The number of nitrogens with zero attached hydrogens (tertiary/aromatic N) is 3. The topological polar surface area (TPSA) is 28.2 Å². The molecule has 284 valence electrons. The molecule has 5 nitrogen and oxygen atoms in total. The van der Waals surface area contributed by atoms with Crippen LogP contribution in [0.1, 0.15) is 0 Å². The number of hydrogen-bond donors (Lipinski definition) is 0. The second kappa shape index (κ2) is 17.4. The molecule has 0 amide bonds. The third kappa shape index (κ3) is 8.95. The summed E-state index contributed by atoms with van der Waals surface area (Å²) in [5.74, 6) is -0.151. The minimum atomic E-state index is -2.54. The first-order valence-electron chi connectivity index (χ1n) is 17.5. The van der Waals surface area contributed by atoms with Gasteiger partial charge in [-0.25, -0.2) is 0 Å². The molecule has 0 fully saturated rings. The largest absolute Gasteiger partial charge is 0.428 e. The van der Waals surface area contributed by atoms with Gasteiger partial charge in [0, 0.05) is 51.2 Å². The molecule has 7 aromatic carbocycles. The van der Waals surface area contributed by atoms with Crippen molar-refractivity contribution in [3.63, 3.8) is 0 Å². The molecule has 7 aromatic rings. The van der Waals surface area contributed by atoms with Gasteiger partial charge in [-0.05, 0) is 133 Å². The van der Waals surface area contributed by atoms with Crippen molar-refractivity contribution in [3.05, 3.63) is 212 Å². The number of ether oxygens (including phenoxy) is 2. The maximum Gasteiger partial charge on any atom is 0.344 e. The van der Waals surface area contributed by atoms with Crippen molar-refractivity contribution >= 4 is 51.2 Å². The van der Waals surface area contributed by atoms with Crippen molar-refractivity contribution in [2.75, 3.05) is 14.7 Å². The average Bonchev–Trinajstić information content (AvgIpc) is 3.24. The van der Waals surface area contributed by atoms with Crippen LogP contribution in [-0.4, -0.2) is 0 Å². The van der Waals surface area contributed by atoms with Gasteiger partial charge in [0.1, 0.15) is 11.5 Å². The second-order valence-corrected chi connectivity index (χ2v) is 12.3. The lowest BCUT2D eigenvalue weighted by Gasteiger charge is -2.29. The normalized spacial score (nSPS) is 10.6. The molecule has 57 heavy (non-hydrogen) atoms. The first-order valence-corrected chi connectivity index (χ1v) is 17.5. The fourth-order valence-corrected chi connectivity index (χ4v) is 6.18. The highest BCUT2D eigenvalue weighted by atomic mass is 19.3. The van der Waals surface area contributed by atoms with E-state index in [1.165, 1.54) is 24.3 Å². The van der Waals surface area contributed by atoms with Crippen LogP contribution in [0.5, 0.6) is 11.5 Å². The van der Waals surface area contributed by atoms with Gasteiger partial charge in [0.2, 0.25) is 0 Å². The lowest BCUT2D eigenvalue weighted by molar-refractivity contribution is 0.241. The Labute approximate surface area is 324 Å². The van der Waals surface area contributed by atoms with Gasteiger partial charge in [0.25, 0.3) is 0 Å². The smallest absolute Gasteiger partial charge is 0.344 e. The van der Waals surface area contributed by atoms with Gasteiger partial charge in [0.15, 0.2) is 0 Å². The number of anilines is 9. The SMILES string of the molecule is FC(F)=C(F)Oc1ccc(N(c2ccccc2)c2ccc(N(c3ccccc3)c3ccc(N(c4ccccc4)c4ccc(OC(F)=C(F)F)cc4)cc3)cc2)cc1. The maximum atomic E-state index is 13.5. The zero-order valence-electron chi connectivity index (χ0n) is 29.8. The predicted octanol–water partition coefficient (Wildman–Crippen LogP) is 14.9. The minimum absolute atomic E-state index is 0.0753. The van der Waals surface area contributed by atoms with E-state index in [1.54, 1.807) is 24.3 Å². The van der Waals surface area contributed by atoms with Crippen LogP contribution in [-0.2, 0) is 0 Å². The van der Waals surface area contributed by atoms with Crippen molar-refractivity contribution in [1.82, 2.24) is 0 Å². The maximum absolute atomic E-state index is 13.5. The van der Waals surface area contributed by atoms with Crippen LogP contribution in [0.3, 0.4) is 0 Å². The predicted molar refractivity (Wildman–Crippen MR) is 212 cm³/mol. The molecular formula is C46H31F6N3O2. The van der Waals surface area contributed by atoms with Crippen molar-refractivity contribution in [1.29, 1.82) is 0 Å². The molecule has 0 aromatic heterocycles. The number of hydrogen-bond acceptors (Lipinski definition) is 5. The summed E-state index contributed by atoms with van der Waals surface area (Å²) >= 11 is 0. The summed E-state index contributed by atoms with van der Waals surface area (Å²) in [4.78, 5) is 6.05. The number of benzene rings is 7. The fourth-order valence-electron chi connectivity index (χ4n) is 6.18. The molecule has 11 heteroatoms. The van der Waals surface area contributed by atoms with Crippen LogP contribution in [0.2, 0.25) is 0 Å². The van der Waals surface area contributed by atoms with E-state index in [-0.39, 0.29) is 11.5 Å². The zero-order valence-corrected chi connectivity index (χ0v) is 29.8. The van der Waals surface area contributed by atoms with E-state index < -0.39 is 24.2 Å². The Morgan fingerprint density at radius 2 is 0.456 bits per heavy atom. The fraction of sp³-hybridized carbons (Fsp3) is 0. The molecule has 0 aliphatic rings. The van der Waals surface area contributed by atoms with Crippen LogP contribution in [0.15, 0.2) is 212 Å². The molecule has 0 heterocycles. The van der Waals surface area contributed by atoms with E-state index in [0.717, 1.165) is 39.8 Å². The summed E-state index contributed by atoms with van der Waals surface area (Å²) in [6.07, 6.45) is -5.08. The van der Waals surface area contributed by atoms with Gasteiger partial charge in [-0.3, -0.25) is 0 Å². The van der Waals surface area contributed by atoms with Crippen LogP contribution < -0.4 is 24.2 Å². The third-order valence-corrected chi connectivity index (χ3v) is 8.68. The van der Waals surface area contributed by atoms with Gasteiger partial charge in [-0.2, -0.15) is 26.3 Å². The molecule has 0 spiro atoms. The van der Waals surface area contributed by atoms with Crippen molar-refractivity contribution < 1.29 is 35.8 Å². The summed E-state index contributed by atoms with van der Waals surface area (Å²) in [5, 5.41) is 0. The summed E-state index contributed by atoms with van der Waals surface area (Å²) in [7, 11) is 0. The molecular weight excluding hydrogens is 741 g/mol. The number of halogens is 6. The first-order chi connectivity index (χ1) is 27.7. The summed E-state index contributed by atoms with van der Waals surface area (Å²) in [6, 6.07) is 53.2. The molecule has 0 radical (unpaired) electrons. The van der Waals surface area contributed by atoms with Crippen molar-refractivity contribution in [2.24, 2.45) is 0 Å². The lowest BCUT2D eigenvalue weighted by Crippen LogP contribution is -2.13. The van der Waals surface area contributed by atoms with E-state index in [2.05, 4.69) is 14.4 Å². The van der Waals surface area contributed by atoms with Crippen molar-refractivity contribution in [2.45, 2.75) is 0 Å². The van der Waals surface area contributed by atoms with Gasteiger partial charge >= 0.3 is 24.2 Å². The Morgan fingerprint density at radius 3 is 0.667 bits per heavy atom. The Balaban J connectivity index is 1.22. The Morgan fingerprint density at radius 1 is 0.263 bits per heavy atom. The molecule has 0 saturated carbocycles. The third-order valence-electron chi connectivity index (χ3n) is 8.68. The second-order valence-electron chi connectivity index (χ2n) is 12.3. The standard InChI is InChI=1S/C46H31F6N3O2/c47-43(48)45(51)56-41-28-24-39(25-29-41)54(33-12-6-2-7-13-33)37-20-16-35(17-21-37)53(32-10-4-1-5-11-32)36-18-22-38(23-19-36)55(34-14-8-3-9-15-34)40-26-30-42(31-27-40)57-46(52)44(49)50/h1-31H. The summed E-state index contributed by atoms with van der Waals surface area (Å²) in [5.41, 5.74) is 7.24. The monoisotopic (exact) mass is 771 g/mol. The highest BCUT2D eigenvalue weighted by molar-refractivity contribution is 5.83. The van der Waals surface area contributed by atoms with Gasteiger partial charge in [-0.1, -0.05) is 54.6 Å². The van der Waals surface area contributed by atoms with Gasteiger partial charge < -0.3 is 24.2 Å². The summed E-state index contributed by atoms with van der Waals surface area (Å²) in [6.45, 7) is 0. The Bertz CT molecular complexity index is 2290. The zero-order chi connectivity index (χ0) is 39.7. The van der Waals surface area contributed by atoms with Gasteiger partial charge in [0.05, 0.1) is 0 Å². The highest BCUT2D eigenvalue weighted by Gasteiger charge is 2.19. The Kier molecular flexibility index (Phi) is 11.6. The van der Waals surface area contributed by atoms with E-state index in [4.69, 9.17) is 0 Å². The quantitative estimate of drug-likeness (QED) is 0.0860. The molecule has 0 unspecified atom stereocenters. The van der Waals surface area contributed by atoms with E-state index in [0.29, 0.717) is 11.4 Å². The van der Waals surface area contributed by atoms with Crippen LogP contribution in [0.4, 0.5) is 77.5 Å². The number of rotatable bonds is 13. The number of para-hydroxylation sites is 3. The average molecular weight is 772 g/mol. The Hall–Kier alpha value is -7.40. The molecule has 0 aliphatic carbocycles. The highest BCUT2D eigenvalue weighted by Crippen LogP contribution is 2.41. The van der Waals surface area contributed by atoms with Crippen LogP contribution in [0, 0.1) is 0 Å². The molecule has 0 N–H and O–H groups in total. The van der Waals surface area contributed by atoms with Crippen LogP contribution in [0.25, 0.3) is 0 Å². The van der Waals surface area contributed by atoms with E-state index >= 15 is 0 Å². The molecule has 7 rings (SSSR count). The van der Waals surface area contributed by atoms with E-state index in [9.17, 15) is 26.3 Å². The lowest BCUT2D eigenvalue weighted by atomic mass is 10.1. The molecule has 0 saturated heterocycles. The summed E-state index contributed by atoms with van der Waals surface area (Å²) < 4.78 is 86.8. The van der Waals surface area contributed by atoms with Crippen molar-refractivity contribution in [3.8, 4) is 11.5 Å². The van der Waals surface area contributed by atoms with E-state index in [1.807, 2.05) is 149 Å². The molecule has 0 atom stereocenters.